The first kappa shape index (κ1) is 12.7. The van der Waals surface area contributed by atoms with Gasteiger partial charge in [0.25, 0.3) is 5.91 Å². The summed E-state index contributed by atoms with van der Waals surface area (Å²) in [5.74, 6) is 0.540. The van der Waals surface area contributed by atoms with Crippen molar-refractivity contribution in [1.29, 1.82) is 0 Å². The molecule has 1 aromatic carbocycles. The molecule has 0 bridgehead atoms. The average Bonchev–Trinajstić information content (AvgIpc) is 3.07. The van der Waals surface area contributed by atoms with Crippen LogP contribution in [0.15, 0.2) is 36.7 Å². The molecule has 2 heterocycles. The summed E-state index contributed by atoms with van der Waals surface area (Å²) in [5.41, 5.74) is 1.38. The number of nitrogens with one attached hydrogen (secondary N) is 3. The molecule has 3 N–H and O–H groups in total. The fourth-order valence-electron chi connectivity index (χ4n) is 2.08. The van der Waals surface area contributed by atoms with Gasteiger partial charge in [0, 0.05) is 28.3 Å². The van der Waals surface area contributed by atoms with Crippen LogP contribution in [0.4, 0.5) is 0 Å². The molecule has 0 saturated heterocycles. The average molecular weight is 289 g/mol. The third-order valence-corrected chi connectivity index (χ3v) is 3.34. The van der Waals surface area contributed by atoms with Crippen LogP contribution < -0.4 is 5.32 Å². The quantitative estimate of drug-likeness (QED) is 0.693. The summed E-state index contributed by atoms with van der Waals surface area (Å²) in [6.07, 6.45) is 3.38. The van der Waals surface area contributed by atoms with Crippen LogP contribution in [0.3, 0.4) is 0 Å². The van der Waals surface area contributed by atoms with Crippen LogP contribution in [0, 0.1) is 0 Å². The Kier molecular flexibility index (Phi) is 3.20. The number of aromatic nitrogens is 3. The number of carbonyl (C=O) groups excluding carboxylic acids is 1. The normalized spacial score (nSPS) is 12.5. The Balaban J connectivity index is 1.82. The number of halogens is 1. The molecule has 5 nitrogen and oxygen atoms in total. The van der Waals surface area contributed by atoms with Crippen molar-refractivity contribution in [3.63, 3.8) is 0 Å². The highest BCUT2D eigenvalue weighted by molar-refractivity contribution is 6.31. The minimum Gasteiger partial charge on any atom is -0.351 e. The molecule has 0 aliphatic carbocycles. The summed E-state index contributed by atoms with van der Waals surface area (Å²) in [6, 6.07) is 7.05. The fourth-order valence-corrected chi connectivity index (χ4v) is 2.26. The van der Waals surface area contributed by atoms with Gasteiger partial charge in [-0.3, -0.25) is 4.79 Å². The third-order valence-electron chi connectivity index (χ3n) is 3.10. The molecular weight excluding hydrogens is 276 g/mol. The number of hydrogen-bond donors (Lipinski definition) is 3. The number of fused-ring (bicyclic) bond motifs is 1. The van der Waals surface area contributed by atoms with E-state index in [0.29, 0.717) is 10.7 Å². The predicted octanol–water partition coefficient (Wildman–Crippen LogP) is 3.04. The van der Waals surface area contributed by atoms with Crippen LogP contribution in [-0.2, 0) is 0 Å². The van der Waals surface area contributed by atoms with E-state index < -0.39 is 0 Å². The number of hydrogen-bond acceptors (Lipinski definition) is 2. The largest absolute Gasteiger partial charge is 0.351 e. The van der Waals surface area contributed by atoms with Gasteiger partial charge < -0.3 is 15.3 Å². The number of rotatable bonds is 3. The Morgan fingerprint density at radius 3 is 3.00 bits per heavy atom. The lowest BCUT2D eigenvalue weighted by molar-refractivity contribution is 0.0934. The zero-order chi connectivity index (χ0) is 14.1. The second kappa shape index (κ2) is 5.02. The van der Waals surface area contributed by atoms with Crippen molar-refractivity contribution in [2.75, 3.05) is 0 Å². The van der Waals surface area contributed by atoms with Gasteiger partial charge >= 0.3 is 0 Å². The maximum atomic E-state index is 12.2. The van der Waals surface area contributed by atoms with Crippen molar-refractivity contribution in [3.05, 3.63) is 53.2 Å². The molecule has 20 heavy (non-hydrogen) atoms. The number of H-pyrrole nitrogens is 2. The number of imidazole rings is 1. The monoisotopic (exact) mass is 288 g/mol. The Morgan fingerprint density at radius 2 is 2.25 bits per heavy atom. The van der Waals surface area contributed by atoms with Crippen molar-refractivity contribution < 1.29 is 4.79 Å². The maximum absolute atomic E-state index is 12.2. The minimum atomic E-state index is -0.187. The zero-order valence-corrected chi connectivity index (χ0v) is 11.5. The van der Waals surface area contributed by atoms with Crippen LogP contribution in [0.1, 0.15) is 29.3 Å². The SMILES string of the molecule is CC(NC(=O)c1cc2cc(Cl)ccc2[nH]1)c1ncc[nH]1. The van der Waals surface area contributed by atoms with Gasteiger partial charge in [-0.05, 0) is 31.2 Å². The lowest BCUT2D eigenvalue weighted by Gasteiger charge is -2.10. The Hall–Kier alpha value is -2.27. The summed E-state index contributed by atoms with van der Waals surface area (Å²) in [6.45, 7) is 1.87. The van der Waals surface area contributed by atoms with Crippen LogP contribution in [0.2, 0.25) is 5.02 Å². The Bertz CT molecular complexity index is 748. The first-order valence-corrected chi connectivity index (χ1v) is 6.59. The summed E-state index contributed by atoms with van der Waals surface area (Å²) in [5, 5.41) is 4.43. The minimum absolute atomic E-state index is 0.179. The zero-order valence-electron chi connectivity index (χ0n) is 10.8. The van der Waals surface area contributed by atoms with Gasteiger partial charge in [-0.25, -0.2) is 4.98 Å². The van der Waals surface area contributed by atoms with Crippen molar-refractivity contribution in [3.8, 4) is 0 Å². The lowest BCUT2D eigenvalue weighted by Crippen LogP contribution is -2.27. The molecule has 1 amide bonds. The molecule has 0 aliphatic heterocycles. The molecule has 3 aromatic rings. The van der Waals surface area contributed by atoms with Crippen LogP contribution in [0.5, 0.6) is 0 Å². The van der Waals surface area contributed by atoms with Gasteiger partial charge in [0.15, 0.2) is 0 Å². The molecule has 2 aromatic heterocycles. The van der Waals surface area contributed by atoms with Gasteiger partial charge in [0.1, 0.15) is 11.5 Å². The molecule has 1 unspecified atom stereocenters. The highest BCUT2D eigenvalue weighted by Crippen LogP contribution is 2.20. The molecule has 0 radical (unpaired) electrons. The molecular formula is C14H13ClN4O. The summed E-state index contributed by atoms with van der Waals surface area (Å²) in [7, 11) is 0. The highest BCUT2D eigenvalue weighted by atomic mass is 35.5. The van der Waals surface area contributed by atoms with Gasteiger partial charge in [0.2, 0.25) is 0 Å². The second-order valence-electron chi connectivity index (χ2n) is 4.58. The summed E-state index contributed by atoms with van der Waals surface area (Å²) in [4.78, 5) is 22.4. The van der Waals surface area contributed by atoms with Crippen LogP contribution in [-0.4, -0.2) is 20.9 Å². The van der Waals surface area contributed by atoms with E-state index in [9.17, 15) is 4.79 Å². The van der Waals surface area contributed by atoms with Gasteiger partial charge in [-0.2, -0.15) is 0 Å². The summed E-state index contributed by atoms with van der Waals surface area (Å²) >= 11 is 5.93. The number of aromatic amines is 2. The molecule has 0 fully saturated rings. The molecule has 0 spiro atoms. The maximum Gasteiger partial charge on any atom is 0.268 e. The number of carbonyl (C=O) groups is 1. The van der Waals surface area contributed by atoms with Crippen molar-refractivity contribution in [2.24, 2.45) is 0 Å². The molecule has 0 saturated carbocycles. The van der Waals surface area contributed by atoms with Crippen molar-refractivity contribution in [2.45, 2.75) is 13.0 Å². The van der Waals surface area contributed by atoms with Gasteiger partial charge in [0.05, 0.1) is 6.04 Å². The first-order valence-electron chi connectivity index (χ1n) is 6.22. The first-order chi connectivity index (χ1) is 9.63. The number of nitrogens with zero attached hydrogens (tertiary/aromatic N) is 1. The van der Waals surface area contributed by atoms with E-state index in [2.05, 4.69) is 20.3 Å². The molecule has 3 rings (SSSR count). The van der Waals surface area contributed by atoms with Crippen LogP contribution >= 0.6 is 11.6 Å². The topological polar surface area (TPSA) is 73.6 Å². The van der Waals surface area contributed by atoms with E-state index in [1.807, 2.05) is 19.1 Å². The van der Waals surface area contributed by atoms with Gasteiger partial charge in [-0.1, -0.05) is 11.6 Å². The smallest absolute Gasteiger partial charge is 0.268 e. The summed E-state index contributed by atoms with van der Waals surface area (Å²) < 4.78 is 0. The third kappa shape index (κ3) is 2.40. The lowest BCUT2D eigenvalue weighted by atomic mass is 10.2. The Labute approximate surface area is 120 Å². The number of amides is 1. The molecule has 0 aliphatic rings. The van der Waals surface area contributed by atoms with E-state index in [4.69, 9.17) is 11.6 Å². The van der Waals surface area contributed by atoms with E-state index in [1.54, 1.807) is 24.5 Å². The van der Waals surface area contributed by atoms with E-state index in [-0.39, 0.29) is 11.9 Å². The Morgan fingerprint density at radius 1 is 1.40 bits per heavy atom. The van der Waals surface area contributed by atoms with Gasteiger partial charge in [-0.15, -0.1) is 0 Å². The van der Waals surface area contributed by atoms with E-state index >= 15 is 0 Å². The number of benzene rings is 1. The predicted molar refractivity (Wildman–Crippen MR) is 77.8 cm³/mol. The van der Waals surface area contributed by atoms with Crippen molar-refractivity contribution >= 4 is 28.4 Å². The molecule has 6 heteroatoms. The van der Waals surface area contributed by atoms with E-state index in [0.717, 1.165) is 16.7 Å². The highest BCUT2D eigenvalue weighted by Gasteiger charge is 2.14. The van der Waals surface area contributed by atoms with Crippen LogP contribution in [0.25, 0.3) is 10.9 Å². The second-order valence-corrected chi connectivity index (χ2v) is 5.02. The standard InChI is InChI=1S/C14H13ClN4O/c1-8(13-16-4-5-17-13)18-14(20)12-7-9-6-10(15)2-3-11(9)19-12/h2-8,19H,1H3,(H,16,17)(H,18,20). The molecule has 1 atom stereocenters. The van der Waals surface area contributed by atoms with E-state index in [1.165, 1.54) is 0 Å². The fraction of sp³-hybridized carbons (Fsp3) is 0.143. The molecule has 102 valence electrons. The van der Waals surface area contributed by atoms with Crippen molar-refractivity contribution in [1.82, 2.24) is 20.3 Å².